The van der Waals surface area contributed by atoms with Crippen molar-refractivity contribution in [2.24, 2.45) is 0 Å². The first-order chi connectivity index (χ1) is 10.2. The first-order valence-electron chi connectivity index (χ1n) is 6.85. The second-order valence-corrected chi connectivity index (χ2v) is 6.13. The standard InChI is InChI=1S/C16H18N2O4/c1-10-5-6-11(9-12(10)18(20)21)17-15(19)13-7-8-14(22-13)16(2,3)4/h5-9H,1-4H3,(H,17,19). The number of carbonyl (C=O) groups is 1. The molecule has 2 aromatic rings. The molecule has 0 saturated heterocycles. The first kappa shape index (κ1) is 15.8. The summed E-state index contributed by atoms with van der Waals surface area (Å²) in [6, 6.07) is 7.90. The Morgan fingerprint density at radius 1 is 1.23 bits per heavy atom. The number of nitro benzene ring substituents is 1. The van der Waals surface area contributed by atoms with E-state index in [4.69, 9.17) is 4.42 Å². The minimum absolute atomic E-state index is 0.0346. The lowest BCUT2D eigenvalue weighted by atomic mass is 9.94. The minimum Gasteiger partial charge on any atom is -0.455 e. The van der Waals surface area contributed by atoms with Crippen molar-refractivity contribution in [3.8, 4) is 0 Å². The van der Waals surface area contributed by atoms with E-state index in [0.29, 0.717) is 17.0 Å². The number of furan rings is 1. The average Bonchev–Trinajstić information content (AvgIpc) is 2.90. The van der Waals surface area contributed by atoms with Gasteiger partial charge in [0.15, 0.2) is 5.76 Å². The summed E-state index contributed by atoms with van der Waals surface area (Å²) in [5, 5.41) is 13.5. The molecule has 0 bridgehead atoms. The van der Waals surface area contributed by atoms with Gasteiger partial charge in [0.05, 0.1) is 4.92 Å². The van der Waals surface area contributed by atoms with Crippen LogP contribution in [0.25, 0.3) is 0 Å². The van der Waals surface area contributed by atoms with E-state index in [-0.39, 0.29) is 16.9 Å². The molecule has 0 atom stereocenters. The summed E-state index contributed by atoms with van der Waals surface area (Å²) in [6.07, 6.45) is 0. The molecule has 0 aliphatic carbocycles. The number of nitro groups is 1. The molecule has 0 aliphatic rings. The zero-order valence-corrected chi connectivity index (χ0v) is 13.0. The molecule has 2 rings (SSSR count). The number of aryl methyl sites for hydroxylation is 1. The zero-order chi connectivity index (χ0) is 16.5. The van der Waals surface area contributed by atoms with Crippen molar-refractivity contribution in [2.45, 2.75) is 33.1 Å². The van der Waals surface area contributed by atoms with Crippen LogP contribution in [-0.2, 0) is 5.41 Å². The van der Waals surface area contributed by atoms with E-state index in [9.17, 15) is 14.9 Å². The van der Waals surface area contributed by atoms with Gasteiger partial charge in [-0.1, -0.05) is 26.8 Å². The number of hydrogen-bond donors (Lipinski definition) is 1. The Morgan fingerprint density at radius 3 is 2.45 bits per heavy atom. The molecule has 0 saturated carbocycles. The number of amides is 1. The van der Waals surface area contributed by atoms with Gasteiger partial charge in [-0.2, -0.15) is 0 Å². The largest absolute Gasteiger partial charge is 0.455 e. The molecule has 6 nitrogen and oxygen atoms in total. The van der Waals surface area contributed by atoms with Crippen LogP contribution in [0.15, 0.2) is 34.7 Å². The molecule has 0 radical (unpaired) electrons. The molecule has 1 N–H and O–H groups in total. The van der Waals surface area contributed by atoms with E-state index < -0.39 is 10.8 Å². The van der Waals surface area contributed by atoms with Crippen LogP contribution in [-0.4, -0.2) is 10.8 Å². The van der Waals surface area contributed by atoms with Gasteiger partial charge in [-0.15, -0.1) is 0 Å². The Labute approximate surface area is 128 Å². The summed E-state index contributed by atoms with van der Waals surface area (Å²) in [5.74, 6) is 0.439. The molecular weight excluding hydrogens is 284 g/mol. The van der Waals surface area contributed by atoms with Gasteiger partial charge in [-0.25, -0.2) is 0 Å². The van der Waals surface area contributed by atoms with Crippen molar-refractivity contribution in [3.63, 3.8) is 0 Å². The van der Waals surface area contributed by atoms with Crippen molar-refractivity contribution in [1.82, 2.24) is 0 Å². The summed E-state index contributed by atoms with van der Waals surface area (Å²) >= 11 is 0. The molecule has 1 aromatic carbocycles. The smallest absolute Gasteiger partial charge is 0.291 e. The number of hydrogen-bond acceptors (Lipinski definition) is 4. The molecule has 1 aromatic heterocycles. The third-order valence-corrected chi connectivity index (χ3v) is 3.23. The fourth-order valence-electron chi connectivity index (χ4n) is 1.94. The highest BCUT2D eigenvalue weighted by Gasteiger charge is 2.21. The van der Waals surface area contributed by atoms with Crippen LogP contribution in [0.1, 0.15) is 42.6 Å². The van der Waals surface area contributed by atoms with Crippen molar-refractivity contribution in [3.05, 3.63) is 57.5 Å². The summed E-state index contributed by atoms with van der Waals surface area (Å²) in [6.45, 7) is 7.59. The molecule has 0 spiro atoms. The van der Waals surface area contributed by atoms with Crippen molar-refractivity contribution in [1.29, 1.82) is 0 Å². The van der Waals surface area contributed by atoms with Crippen LogP contribution in [0.4, 0.5) is 11.4 Å². The molecule has 0 fully saturated rings. The van der Waals surface area contributed by atoms with Crippen LogP contribution in [0.2, 0.25) is 0 Å². The summed E-state index contributed by atoms with van der Waals surface area (Å²) in [4.78, 5) is 22.6. The maximum atomic E-state index is 12.1. The third-order valence-electron chi connectivity index (χ3n) is 3.23. The normalized spacial score (nSPS) is 11.3. The molecule has 1 heterocycles. The van der Waals surface area contributed by atoms with Crippen molar-refractivity contribution < 1.29 is 14.1 Å². The van der Waals surface area contributed by atoms with E-state index >= 15 is 0 Å². The Bertz CT molecular complexity index is 726. The Morgan fingerprint density at radius 2 is 1.91 bits per heavy atom. The number of nitrogens with zero attached hydrogens (tertiary/aromatic N) is 1. The van der Waals surface area contributed by atoms with Gasteiger partial charge in [0.25, 0.3) is 11.6 Å². The Kier molecular flexibility index (Phi) is 4.03. The molecular formula is C16H18N2O4. The van der Waals surface area contributed by atoms with Gasteiger partial charge >= 0.3 is 0 Å². The van der Waals surface area contributed by atoms with Crippen molar-refractivity contribution in [2.75, 3.05) is 5.32 Å². The second kappa shape index (κ2) is 5.63. The van der Waals surface area contributed by atoms with E-state index in [2.05, 4.69) is 5.32 Å². The molecule has 0 aliphatic heterocycles. The maximum absolute atomic E-state index is 12.1. The number of rotatable bonds is 3. The summed E-state index contributed by atoms with van der Waals surface area (Å²) in [7, 11) is 0. The maximum Gasteiger partial charge on any atom is 0.291 e. The van der Waals surface area contributed by atoms with Gasteiger partial charge in [0.1, 0.15) is 5.76 Å². The second-order valence-electron chi connectivity index (χ2n) is 6.13. The third kappa shape index (κ3) is 3.33. The van der Waals surface area contributed by atoms with E-state index in [1.807, 2.05) is 20.8 Å². The van der Waals surface area contributed by atoms with Crippen LogP contribution >= 0.6 is 0 Å². The van der Waals surface area contributed by atoms with E-state index in [1.165, 1.54) is 6.07 Å². The van der Waals surface area contributed by atoms with Gasteiger partial charge in [0.2, 0.25) is 0 Å². The van der Waals surface area contributed by atoms with Crippen LogP contribution in [0.3, 0.4) is 0 Å². The van der Waals surface area contributed by atoms with Gasteiger partial charge < -0.3 is 9.73 Å². The Hall–Kier alpha value is -2.63. The fraction of sp³-hybridized carbons (Fsp3) is 0.312. The SMILES string of the molecule is Cc1ccc(NC(=O)c2ccc(C(C)(C)C)o2)cc1[N+](=O)[O-]. The number of anilines is 1. The number of nitrogens with one attached hydrogen (secondary N) is 1. The average molecular weight is 302 g/mol. The number of carbonyl (C=O) groups excluding carboxylic acids is 1. The highest BCUT2D eigenvalue weighted by molar-refractivity contribution is 6.02. The van der Waals surface area contributed by atoms with E-state index in [0.717, 1.165) is 0 Å². The van der Waals surface area contributed by atoms with Crippen LogP contribution < -0.4 is 5.32 Å². The first-order valence-corrected chi connectivity index (χ1v) is 6.85. The summed E-state index contributed by atoms with van der Waals surface area (Å²) < 4.78 is 5.54. The number of benzene rings is 1. The highest BCUT2D eigenvalue weighted by atomic mass is 16.6. The zero-order valence-electron chi connectivity index (χ0n) is 13.0. The van der Waals surface area contributed by atoms with Gasteiger partial charge in [0, 0.05) is 22.7 Å². The lowest BCUT2D eigenvalue weighted by Crippen LogP contribution is -2.12. The minimum atomic E-state index is -0.477. The van der Waals surface area contributed by atoms with Crippen molar-refractivity contribution >= 4 is 17.3 Å². The topological polar surface area (TPSA) is 85.4 Å². The lowest BCUT2D eigenvalue weighted by Gasteiger charge is -2.14. The van der Waals surface area contributed by atoms with Crippen LogP contribution in [0, 0.1) is 17.0 Å². The predicted octanol–water partition coefficient (Wildman–Crippen LogP) is 4.05. The monoisotopic (exact) mass is 302 g/mol. The lowest BCUT2D eigenvalue weighted by molar-refractivity contribution is -0.385. The van der Waals surface area contributed by atoms with E-state index in [1.54, 1.807) is 31.2 Å². The van der Waals surface area contributed by atoms with Crippen LogP contribution in [0.5, 0.6) is 0 Å². The van der Waals surface area contributed by atoms with Gasteiger partial charge in [-0.05, 0) is 25.1 Å². The molecule has 1 amide bonds. The molecule has 0 unspecified atom stereocenters. The quantitative estimate of drug-likeness (QED) is 0.684. The van der Waals surface area contributed by atoms with Gasteiger partial charge in [-0.3, -0.25) is 14.9 Å². The highest BCUT2D eigenvalue weighted by Crippen LogP contribution is 2.26. The molecule has 6 heteroatoms. The summed E-state index contributed by atoms with van der Waals surface area (Å²) in [5.41, 5.74) is 0.668. The fourth-order valence-corrected chi connectivity index (χ4v) is 1.94. The molecule has 22 heavy (non-hydrogen) atoms. The Balaban J connectivity index is 2.20. The molecule has 116 valence electrons. The predicted molar refractivity (Wildman–Crippen MR) is 83.2 cm³/mol.